The summed E-state index contributed by atoms with van der Waals surface area (Å²) in [6.07, 6.45) is -9.85. The molecule has 7 heteroatoms. The SMILES string of the molecule is [2H]C(c1ccc(-c2cccc[n+]2C)c(C)c1)(C(F)(F)F)C(F)(F)F. The van der Waals surface area contributed by atoms with Gasteiger partial charge < -0.3 is 0 Å². The van der Waals surface area contributed by atoms with Crippen LogP contribution in [0.25, 0.3) is 11.3 Å². The Morgan fingerprint density at radius 1 is 1.00 bits per heavy atom. The number of halogens is 6. The Kier molecular flexibility index (Phi) is 4.04. The summed E-state index contributed by atoms with van der Waals surface area (Å²) in [7, 11) is 1.71. The maximum absolute atomic E-state index is 13.0. The molecule has 2 aromatic rings. The molecular weight excluding hydrogens is 320 g/mol. The Morgan fingerprint density at radius 2 is 1.61 bits per heavy atom. The third-order valence-electron chi connectivity index (χ3n) is 3.41. The molecule has 1 heterocycles. The van der Waals surface area contributed by atoms with Gasteiger partial charge in [0.25, 0.3) is 0 Å². The number of aryl methyl sites for hydroxylation is 2. The largest absolute Gasteiger partial charge is 0.404 e. The predicted molar refractivity (Wildman–Crippen MR) is 72.6 cm³/mol. The van der Waals surface area contributed by atoms with Gasteiger partial charge in [0.05, 0.1) is 1.37 Å². The van der Waals surface area contributed by atoms with Crippen LogP contribution >= 0.6 is 0 Å². The van der Waals surface area contributed by atoms with E-state index in [0.717, 1.165) is 6.07 Å². The van der Waals surface area contributed by atoms with Gasteiger partial charge in [0.2, 0.25) is 5.69 Å². The normalized spacial score (nSPS) is 13.8. The average molecular weight is 335 g/mol. The van der Waals surface area contributed by atoms with Gasteiger partial charge in [-0.2, -0.15) is 26.3 Å². The highest BCUT2D eigenvalue weighted by Crippen LogP contribution is 2.46. The minimum Gasteiger partial charge on any atom is -0.201 e. The molecule has 0 saturated heterocycles. The molecule has 1 nitrogen and oxygen atoms in total. The molecule has 0 spiro atoms. The van der Waals surface area contributed by atoms with Crippen LogP contribution in [-0.4, -0.2) is 12.4 Å². The lowest BCUT2D eigenvalue weighted by Gasteiger charge is -2.23. The van der Waals surface area contributed by atoms with Crippen LogP contribution in [0.3, 0.4) is 0 Å². The molecule has 0 radical (unpaired) electrons. The standard InChI is InChI=1S/C16H14F6N/c1-10-9-11(14(15(17,18)19)16(20,21)22)6-7-12(10)13-5-3-4-8-23(13)2/h3-9,14H,1-2H3/q+1/i14D. The van der Waals surface area contributed by atoms with Crippen LogP contribution in [0.5, 0.6) is 0 Å². The second-order valence-corrected chi connectivity index (χ2v) is 5.10. The van der Waals surface area contributed by atoms with Crippen LogP contribution in [0.15, 0.2) is 42.6 Å². The molecule has 0 fully saturated rings. The number of nitrogens with zero attached hydrogens (tertiary/aromatic N) is 1. The van der Waals surface area contributed by atoms with Gasteiger partial charge in [-0.25, -0.2) is 4.57 Å². The van der Waals surface area contributed by atoms with E-state index in [2.05, 4.69) is 0 Å². The second-order valence-electron chi connectivity index (χ2n) is 5.10. The van der Waals surface area contributed by atoms with E-state index >= 15 is 0 Å². The fourth-order valence-electron chi connectivity index (χ4n) is 2.40. The van der Waals surface area contributed by atoms with Crippen molar-refractivity contribution in [2.24, 2.45) is 7.05 Å². The molecule has 0 aliphatic carbocycles. The third kappa shape index (κ3) is 3.65. The molecular formula is C16H14F6N+. The molecule has 0 aliphatic rings. The lowest BCUT2D eigenvalue weighted by Crippen LogP contribution is -2.34. The van der Waals surface area contributed by atoms with E-state index in [1.165, 1.54) is 13.0 Å². The molecule has 0 saturated carbocycles. The molecule has 0 atom stereocenters. The van der Waals surface area contributed by atoms with E-state index < -0.39 is 23.8 Å². The first-order valence-electron chi connectivity index (χ1n) is 7.09. The van der Waals surface area contributed by atoms with Gasteiger partial charge in [-0.05, 0) is 30.2 Å². The van der Waals surface area contributed by atoms with Gasteiger partial charge >= 0.3 is 12.4 Å². The monoisotopic (exact) mass is 335 g/mol. The lowest BCUT2D eigenvalue weighted by molar-refractivity contribution is -0.660. The summed E-state index contributed by atoms with van der Waals surface area (Å²) >= 11 is 0. The number of alkyl halides is 6. The average Bonchev–Trinajstić information content (AvgIpc) is 2.45. The van der Waals surface area contributed by atoms with Crippen molar-refractivity contribution in [3.8, 4) is 11.3 Å². The van der Waals surface area contributed by atoms with Crippen LogP contribution < -0.4 is 4.57 Å². The van der Waals surface area contributed by atoms with Crippen molar-refractivity contribution in [2.75, 3.05) is 0 Å². The van der Waals surface area contributed by atoms with Gasteiger partial charge in [0.1, 0.15) is 7.05 Å². The van der Waals surface area contributed by atoms with Crippen LogP contribution in [0.1, 0.15) is 18.4 Å². The van der Waals surface area contributed by atoms with Gasteiger partial charge in [-0.1, -0.05) is 12.1 Å². The van der Waals surface area contributed by atoms with E-state index in [-0.39, 0.29) is 5.56 Å². The van der Waals surface area contributed by atoms with E-state index in [0.29, 0.717) is 17.3 Å². The Hall–Kier alpha value is -2.05. The molecule has 0 bridgehead atoms. The van der Waals surface area contributed by atoms with Crippen molar-refractivity contribution >= 4 is 0 Å². The molecule has 2 rings (SSSR count). The molecule has 124 valence electrons. The maximum atomic E-state index is 13.0. The molecule has 1 aromatic carbocycles. The summed E-state index contributed by atoms with van der Waals surface area (Å²) in [5.41, 5.74) is 0.200. The molecule has 0 N–H and O–H groups in total. The first-order valence-corrected chi connectivity index (χ1v) is 6.59. The van der Waals surface area contributed by atoms with Crippen molar-refractivity contribution in [1.82, 2.24) is 0 Å². The molecule has 0 amide bonds. The quantitative estimate of drug-likeness (QED) is 0.553. The number of aromatic nitrogens is 1. The lowest BCUT2D eigenvalue weighted by atomic mass is 9.93. The van der Waals surface area contributed by atoms with Gasteiger partial charge in [-0.3, -0.25) is 0 Å². The Balaban J connectivity index is 2.63. The zero-order valence-corrected chi connectivity index (χ0v) is 12.3. The van der Waals surface area contributed by atoms with E-state index in [1.54, 1.807) is 36.0 Å². The van der Waals surface area contributed by atoms with Crippen molar-refractivity contribution in [2.45, 2.75) is 25.2 Å². The Labute approximate surface area is 130 Å². The highest BCUT2D eigenvalue weighted by Gasteiger charge is 2.57. The first-order chi connectivity index (χ1) is 10.9. The highest BCUT2D eigenvalue weighted by atomic mass is 19.4. The molecule has 23 heavy (non-hydrogen) atoms. The minimum absolute atomic E-state index is 0.222. The summed E-state index contributed by atoms with van der Waals surface area (Å²) in [4.78, 5) is 0. The molecule has 0 unspecified atom stereocenters. The maximum Gasteiger partial charge on any atom is 0.404 e. The topological polar surface area (TPSA) is 3.88 Å². The van der Waals surface area contributed by atoms with E-state index in [4.69, 9.17) is 1.37 Å². The number of benzene rings is 1. The number of hydrogen-bond donors (Lipinski definition) is 0. The molecule has 1 aromatic heterocycles. The van der Waals surface area contributed by atoms with Crippen LogP contribution in [-0.2, 0) is 7.05 Å². The zero-order chi connectivity index (χ0) is 18.3. The highest BCUT2D eigenvalue weighted by molar-refractivity contribution is 5.61. The summed E-state index contributed by atoms with van der Waals surface area (Å²) in [5, 5.41) is 0. The smallest absolute Gasteiger partial charge is 0.201 e. The summed E-state index contributed by atoms with van der Waals surface area (Å²) < 4.78 is 86.8. The van der Waals surface area contributed by atoms with Crippen molar-refractivity contribution in [3.63, 3.8) is 0 Å². The first kappa shape index (κ1) is 15.8. The fraction of sp³-hybridized carbons (Fsp3) is 0.312. The fourth-order valence-corrected chi connectivity index (χ4v) is 2.40. The zero-order valence-electron chi connectivity index (χ0n) is 13.3. The summed E-state index contributed by atoms with van der Waals surface area (Å²) in [5.74, 6) is -4.66. The van der Waals surface area contributed by atoms with Crippen LogP contribution in [0.4, 0.5) is 26.3 Å². The van der Waals surface area contributed by atoms with Gasteiger partial charge in [0, 0.05) is 17.7 Å². The predicted octanol–water partition coefficient (Wildman–Crippen LogP) is 4.69. The van der Waals surface area contributed by atoms with Crippen molar-refractivity contribution < 1.29 is 32.3 Å². The van der Waals surface area contributed by atoms with E-state index in [1.807, 2.05) is 0 Å². The van der Waals surface area contributed by atoms with Gasteiger partial charge in [0.15, 0.2) is 12.1 Å². The Morgan fingerprint density at radius 3 is 2.09 bits per heavy atom. The van der Waals surface area contributed by atoms with E-state index in [9.17, 15) is 26.3 Å². The number of hydrogen-bond acceptors (Lipinski definition) is 0. The van der Waals surface area contributed by atoms with Crippen LogP contribution in [0.2, 0.25) is 0 Å². The second kappa shape index (κ2) is 5.86. The Bertz CT molecular complexity index is 737. The number of rotatable bonds is 2. The summed E-state index contributed by atoms with van der Waals surface area (Å²) in [6.45, 7) is 1.42. The minimum atomic E-state index is -5.78. The molecule has 0 aliphatic heterocycles. The van der Waals surface area contributed by atoms with Crippen molar-refractivity contribution in [1.29, 1.82) is 0 Å². The summed E-state index contributed by atoms with van der Waals surface area (Å²) in [6, 6.07) is 7.82. The number of pyridine rings is 1. The van der Waals surface area contributed by atoms with Gasteiger partial charge in [-0.15, -0.1) is 0 Å². The van der Waals surface area contributed by atoms with Crippen molar-refractivity contribution in [3.05, 3.63) is 53.7 Å². The van der Waals surface area contributed by atoms with Crippen LogP contribution in [0, 0.1) is 6.92 Å². The third-order valence-corrected chi connectivity index (χ3v) is 3.41.